The highest BCUT2D eigenvalue weighted by atomic mass is 79.9. The topological polar surface area (TPSA) is 96.5 Å². The van der Waals surface area contributed by atoms with Gasteiger partial charge in [-0.3, -0.25) is 14.4 Å². The Morgan fingerprint density at radius 2 is 1.58 bits per heavy atom. The van der Waals surface area contributed by atoms with Gasteiger partial charge in [0.15, 0.2) is 0 Å². The number of para-hydroxylation sites is 2. The Balaban J connectivity index is 1.54. The van der Waals surface area contributed by atoms with E-state index in [0.717, 1.165) is 9.37 Å². The van der Waals surface area contributed by atoms with Gasteiger partial charge < -0.3 is 20.7 Å². The summed E-state index contributed by atoms with van der Waals surface area (Å²) in [5, 5.41) is 8.28. The molecule has 0 saturated heterocycles. The monoisotopic (exact) mass is 657 g/mol. The Morgan fingerprint density at radius 1 is 0.860 bits per heavy atom. The molecule has 4 aromatic rings. The van der Waals surface area contributed by atoms with Crippen molar-refractivity contribution in [3.8, 4) is 5.75 Å². The number of carbonyl (C=O) groups is 3. The van der Waals surface area contributed by atoms with E-state index in [1.54, 1.807) is 42.5 Å². The summed E-state index contributed by atoms with van der Waals surface area (Å²) in [5.41, 5.74) is 2.35. The molecule has 0 heterocycles. The average molecular weight is 659 g/mol. The minimum Gasteiger partial charge on any atom is -0.493 e. The largest absolute Gasteiger partial charge is 0.493 e. The third-order valence-electron chi connectivity index (χ3n) is 6.21. The summed E-state index contributed by atoms with van der Waals surface area (Å²) in [4.78, 5) is 40.5. The van der Waals surface area contributed by atoms with E-state index in [9.17, 15) is 14.4 Å². The fraction of sp³-hybridized carbons (Fsp3) is 0.147. The number of rotatable bonds is 12. The second-order valence-corrected chi connectivity index (χ2v) is 11.4. The highest BCUT2D eigenvalue weighted by Gasteiger charge is 2.20. The Labute approximate surface area is 264 Å². The minimum absolute atomic E-state index is 0.0540. The van der Waals surface area contributed by atoms with Crippen LogP contribution in [-0.2, 0) is 9.59 Å². The van der Waals surface area contributed by atoms with Crippen molar-refractivity contribution in [3.05, 3.63) is 124 Å². The van der Waals surface area contributed by atoms with E-state index in [4.69, 9.17) is 4.74 Å². The van der Waals surface area contributed by atoms with Gasteiger partial charge in [0.2, 0.25) is 5.91 Å². The van der Waals surface area contributed by atoms with Crippen LogP contribution in [0.4, 0.5) is 11.4 Å². The lowest BCUT2D eigenvalue weighted by molar-refractivity contribution is -0.116. The third-order valence-corrected chi connectivity index (χ3v) is 8.26. The van der Waals surface area contributed by atoms with Gasteiger partial charge in [0.05, 0.1) is 17.5 Å². The Kier molecular flexibility index (Phi) is 11.6. The molecule has 3 amide bonds. The molecule has 0 aromatic heterocycles. The predicted octanol–water partition coefficient (Wildman–Crippen LogP) is 7.77. The summed E-state index contributed by atoms with van der Waals surface area (Å²) in [5.74, 6) is -0.441. The summed E-state index contributed by atoms with van der Waals surface area (Å²) in [6.07, 6.45) is 2.20. The molecule has 0 bridgehead atoms. The highest BCUT2D eigenvalue weighted by molar-refractivity contribution is 9.10. The molecule has 1 unspecified atom stereocenters. The molecule has 7 nitrogen and oxygen atoms in total. The molecular formula is C34H32BrN3O4S. The number of carbonyl (C=O) groups excluding carboxylic acids is 3. The van der Waals surface area contributed by atoms with Gasteiger partial charge >= 0.3 is 0 Å². The van der Waals surface area contributed by atoms with Gasteiger partial charge in [0, 0.05) is 26.2 Å². The maximum atomic E-state index is 13.6. The molecule has 1 atom stereocenters. The quantitative estimate of drug-likeness (QED) is 0.107. The highest BCUT2D eigenvalue weighted by Crippen LogP contribution is 2.30. The van der Waals surface area contributed by atoms with Gasteiger partial charge in [-0.25, -0.2) is 0 Å². The number of benzene rings is 4. The van der Waals surface area contributed by atoms with Crippen molar-refractivity contribution in [2.24, 2.45) is 0 Å². The van der Waals surface area contributed by atoms with E-state index < -0.39 is 11.8 Å². The molecule has 220 valence electrons. The number of thioether (sulfide) groups is 1. The van der Waals surface area contributed by atoms with Crippen LogP contribution in [0.25, 0.3) is 6.08 Å². The van der Waals surface area contributed by atoms with E-state index in [2.05, 4.69) is 31.9 Å². The number of amides is 3. The summed E-state index contributed by atoms with van der Waals surface area (Å²) in [6.45, 7) is 4.28. The molecule has 4 aromatic carbocycles. The first-order chi connectivity index (χ1) is 20.9. The number of halogens is 1. The summed E-state index contributed by atoms with van der Waals surface area (Å²) in [6, 6.07) is 30.7. The van der Waals surface area contributed by atoms with Crippen molar-refractivity contribution in [1.82, 2.24) is 5.32 Å². The van der Waals surface area contributed by atoms with Crippen LogP contribution in [0.3, 0.4) is 0 Å². The number of hydrogen-bond donors (Lipinski definition) is 3. The molecule has 0 aliphatic rings. The van der Waals surface area contributed by atoms with E-state index in [1.165, 1.54) is 11.8 Å². The fourth-order valence-electron chi connectivity index (χ4n) is 4.09. The zero-order valence-corrected chi connectivity index (χ0v) is 26.2. The molecule has 0 fully saturated rings. The van der Waals surface area contributed by atoms with Crippen molar-refractivity contribution in [2.45, 2.75) is 30.4 Å². The molecular weight excluding hydrogens is 626 g/mol. The lowest BCUT2D eigenvalue weighted by Crippen LogP contribution is -2.30. The van der Waals surface area contributed by atoms with Gasteiger partial charge in [-0.2, -0.15) is 0 Å². The Hall–Kier alpha value is -4.34. The molecule has 0 aliphatic heterocycles. The van der Waals surface area contributed by atoms with Gasteiger partial charge in [-0.15, -0.1) is 11.8 Å². The SMILES string of the molecule is CCOc1ccccc1/C=C(/NC(=O)c1ccccc1)C(=O)Nc1cccc(SC(CC)C(=O)Nc2ccccc2Br)c1. The van der Waals surface area contributed by atoms with Crippen molar-refractivity contribution in [1.29, 1.82) is 0 Å². The molecule has 3 N–H and O–H groups in total. The van der Waals surface area contributed by atoms with Gasteiger partial charge in [0.25, 0.3) is 11.8 Å². The maximum absolute atomic E-state index is 13.6. The van der Waals surface area contributed by atoms with Crippen molar-refractivity contribution >= 4 is 62.9 Å². The molecule has 43 heavy (non-hydrogen) atoms. The first-order valence-electron chi connectivity index (χ1n) is 13.8. The number of ether oxygens (including phenoxy) is 1. The standard InChI is InChI=1S/C34H32BrN3O4S/c1-3-31(34(41)37-28-19-10-9-18-27(28)35)43-26-17-12-16-25(22-26)36-33(40)29(38-32(39)23-13-6-5-7-14-23)21-24-15-8-11-20-30(24)42-4-2/h5-22,31H,3-4H2,1-2H3,(H,36,40)(H,37,41)(H,38,39)/b29-21+. The van der Waals surface area contributed by atoms with Crippen LogP contribution in [0, 0.1) is 0 Å². The van der Waals surface area contributed by atoms with Gasteiger partial charge in [-0.1, -0.05) is 61.5 Å². The van der Waals surface area contributed by atoms with Crippen molar-refractivity contribution in [2.75, 3.05) is 17.2 Å². The van der Waals surface area contributed by atoms with E-state index in [0.29, 0.717) is 41.3 Å². The first kappa shape index (κ1) is 31.6. The van der Waals surface area contributed by atoms with Gasteiger partial charge in [0.1, 0.15) is 11.4 Å². The second-order valence-electron chi connectivity index (χ2n) is 9.31. The van der Waals surface area contributed by atoms with Gasteiger partial charge in [-0.05, 0) is 83.9 Å². The molecule has 0 saturated carbocycles. The van der Waals surface area contributed by atoms with E-state index in [1.807, 2.05) is 80.6 Å². The lowest BCUT2D eigenvalue weighted by Gasteiger charge is -2.16. The van der Waals surface area contributed by atoms with Crippen LogP contribution in [0.5, 0.6) is 5.75 Å². The predicted molar refractivity (Wildman–Crippen MR) is 177 cm³/mol. The normalized spacial score (nSPS) is 11.7. The van der Waals surface area contributed by atoms with E-state index >= 15 is 0 Å². The Morgan fingerprint density at radius 3 is 2.33 bits per heavy atom. The Bertz CT molecular complexity index is 1610. The lowest BCUT2D eigenvalue weighted by atomic mass is 10.1. The minimum atomic E-state index is -0.503. The van der Waals surface area contributed by atoms with Crippen LogP contribution >= 0.6 is 27.7 Å². The van der Waals surface area contributed by atoms with Crippen LogP contribution in [-0.4, -0.2) is 29.6 Å². The first-order valence-corrected chi connectivity index (χ1v) is 15.5. The number of nitrogens with one attached hydrogen (secondary N) is 3. The maximum Gasteiger partial charge on any atom is 0.272 e. The zero-order valence-electron chi connectivity index (χ0n) is 23.8. The number of anilines is 2. The van der Waals surface area contributed by atoms with Crippen LogP contribution in [0.2, 0.25) is 0 Å². The van der Waals surface area contributed by atoms with Crippen LogP contribution in [0.15, 0.2) is 118 Å². The fourth-order valence-corrected chi connectivity index (χ4v) is 5.49. The molecule has 4 rings (SSSR count). The summed E-state index contributed by atoms with van der Waals surface area (Å²) >= 11 is 4.88. The molecule has 0 spiro atoms. The van der Waals surface area contributed by atoms with Crippen molar-refractivity contribution in [3.63, 3.8) is 0 Å². The second kappa shape index (κ2) is 15.8. The van der Waals surface area contributed by atoms with E-state index in [-0.39, 0.29) is 16.9 Å². The average Bonchev–Trinajstić information content (AvgIpc) is 3.02. The smallest absolute Gasteiger partial charge is 0.272 e. The third kappa shape index (κ3) is 9.07. The zero-order chi connectivity index (χ0) is 30.6. The molecule has 0 aliphatic carbocycles. The van der Waals surface area contributed by atoms with Crippen LogP contribution < -0.4 is 20.7 Å². The number of hydrogen-bond acceptors (Lipinski definition) is 5. The molecule has 0 radical (unpaired) electrons. The summed E-state index contributed by atoms with van der Waals surface area (Å²) < 4.78 is 6.53. The van der Waals surface area contributed by atoms with Crippen molar-refractivity contribution < 1.29 is 19.1 Å². The molecule has 9 heteroatoms. The summed E-state index contributed by atoms with van der Waals surface area (Å²) in [7, 11) is 0. The van der Waals surface area contributed by atoms with Crippen LogP contribution in [0.1, 0.15) is 36.2 Å².